The average molecular weight is 260 g/mol. The highest BCUT2D eigenvalue weighted by molar-refractivity contribution is 5.80. The molecular formula is C15H20N2O2. The number of rotatable bonds is 4. The van der Waals surface area contributed by atoms with E-state index in [0.717, 1.165) is 16.7 Å². The molecule has 0 fully saturated rings. The van der Waals surface area contributed by atoms with Gasteiger partial charge in [0.1, 0.15) is 11.3 Å². The van der Waals surface area contributed by atoms with Crippen molar-refractivity contribution in [2.75, 3.05) is 13.6 Å². The van der Waals surface area contributed by atoms with Gasteiger partial charge in [0.25, 0.3) is 0 Å². The summed E-state index contributed by atoms with van der Waals surface area (Å²) >= 11 is 0. The normalized spacial score (nSPS) is 14.3. The number of nitrogens with zero attached hydrogens (tertiary/aromatic N) is 1. The number of para-hydroxylation sites is 1. The molecule has 0 aliphatic rings. The van der Waals surface area contributed by atoms with Crippen LogP contribution in [0.15, 0.2) is 34.7 Å². The van der Waals surface area contributed by atoms with Crippen LogP contribution >= 0.6 is 0 Å². The lowest BCUT2D eigenvalue weighted by atomic mass is 10.1. The van der Waals surface area contributed by atoms with Gasteiger partial charge >= 0.3 is 0 Å². The average Bonchev–Trinajstić information content (AvgIpc) is 2.87. The lowest BCUT2D eigenvalue weighted by Crippen LogP contribution is -2.36. The van der Waals surface area contributed by atoms with E-state index in [1.54, 1.807) is 11.9 Å². The summed E-state index contributed by atoms with van der Waals surface area (Å²) < 4.78 is 5.79. The highest BCUT2D eigenvalue weighted by Crippen LogP contribution is 2.27. The summed E-state index contributed by atoms with van der Waals surface area (Å²) in [6.07, 6.45) is 0. The summed E-state index contributed by atoms with van der Waals surface area (Å²) in [4.78, 5) is 13.8. The number of hydrogen-bond acceptors (Lipinski definition) is 3. The molecule has 2 N–H and O–H groups in total. The first kappa shape index (κ1) is 13.6. The number of benzene rings is 1. The van der Waals surface area contributed by atoms with Gasteiger partial charge in [0, 0.05) is 24.9 Å². The van der Waals surface area contributed by atoms with Gasteiger partial charge in [-0.2, -0.15) is 0 Å². The second-order valence-electron chi connectivity index (χ2n) is 4.95. The maximum Gasteiger partial charge on any atom is 0.227 e. The van der Waals surface area contributed by atoms with Gasteiger partial charge in [0.15, 0.2) is 0 Å². The fourth-order valence-corrected chi connectivity index (χ4v) is 2.04. The van der Waals surface area contributed by atoms with Gasteiger partial charge < -0.3 is 15.1 Å². The first-order valence-electron chi connectivity index (χ1n) is 6.49. The van der Waals surface area contributed by atoms with Crippen molar-refractivity contribution < 1.29 is 9.21 Å². The van der Waals surface area contributed by atoms with E-state index in [4.69, 9.17) is 10.2 Å². The zero-order valence-electron chi connectivity index (χ0n) is 11.6. The van der Waals surface area contributed by atoms with Crippen LogP contribution < -0.4 is 5.73 Å². The molecule has 2 rings (SSSR count). The number of fused-ring (bicyclic) bond motifs is 1. The van der Waals surface area contributed by atoms with Crippen molar-refractivity contribution in [1.29, 1.82) is 0 Å². The molecular weight excluding hydrogens is 240 g/mol. The minimum Gasteiger partial charge on any atom is -0.459 e. The van der Waals surface area contributed by atoms with Crippen molar-refractivity contribution in [3.8, 4) is 0 Å². The molecule has 0 spiro atoms. The standard InChI is InChI=1S/C15H20N2O2/c1-10(9-16)15(18)17(3)11(2)14-8-12-6-4-5-7-13(12)19-14/h4-8,10-11H,9,16H2,1-3H3. The van der Waals surface area contributed by atoms with Crippen LogP contribution in [0.4, 0.5) is 0 Å². The molecule has 2 atom stereocenters. The SMILES string of the molecule is CC(CN)C(=O)N(C)C(C)c1cc2ccccc2o1. The van der Waals surface area contributed by atoms with Gasteiger partial charge in [-0.3, -0.25) is 4.79 Å². The van der Waals surface area contributed by atoms with Crippen LogP contribution in [-0.4, -0.2) is 24.4 Å². The second-order valence-corrected chi connectivity index (χ2v) is 4.95. The summed E-state index contributed by atoms with van der Waals surface area (Å²) in [6.45, 7) is 4.15. The Kier molecular flexibility index (Phi) is 3.90. The highest BCUT2D eigenvalue weighted by Gasteiger charge is 2.23. The predicted octanol–water partition coefficient (Wildman–Crippen LogP) is 2.55. The molecule has 19 heavy (non-hydrogen) atoms. The van der Waals surface area contributed by atoms with Gasteiger partial charge in [-0.1, -0.05) is 25.1 Å². The number of hydrogen-bond donors (Lipinski definition) is 1. The van der Waals surface area contributed by atoms with E-state index in [1.807, 2.05) is 44.2 Å². The summed E-state index contributed by atoms with van der Waals surface area (Å²) in [5.41, 5.74) is 6.38. The van der Waals surface area contributed by atoms with E-state index in [-0.39, 0.29) is 17.9 Å². The van der Waals surface area contributed by atoms with Crippen molar-refractivity contribution in [3.63, 3.8) is 0 Å². The number of nitrogens with two attached hydrogens (primary N) is 1. The molecule has 0 aliphatic heterocycles. The van der Waals surface area contributed by atoms with E-state index in [9.17, 15) is 4.79 Å². The van der Waals surface area contributed by atoms with Crippen LogP contribution in [0, 0.1) is 5.92 Å². The topological polar surface area (TPSA) is 59.5 Å². The van der Waals surface area contributed by atoms with E-state index in [2.05, 4.69) is 0 Å². The first-order valence-corrected chi connectivity index (χ1v) is 6.49. The third-order valence-electron chi connectivity index (χ3n) is 3.56. The van der Waals surface area contributed by atoms with E-state index < -0.39 is 0 Å². The Morgan fingerprint density at radius 1 is 1.37 bits per heavy atom. The predicted molar refractivity (Wildman–Crippen MR) is 75.6 cm³/mol. The molecule has 0 aliphatic carbocycles. The maximum absolute atomic E-state index is 12.1. The molecule has 0 bridgehead atoms. The highest BCUT2D eigenvalue weighted by atomic mass is 16.3. The molecule has 2 unspecified atom stereocenters. The van der Waals surface area contributed by atoms with Crippen molar-refractivity contribution >= 4 is 16.9 Å². The van der Waals surface area contributed by atoms with Gasteiger partial charge in [0.05, 0.1) is 6.04 Å². The zero-order valence-corrected chi connectivity index (χ0v) is 11.6. The summed E-state index contributed by atoms with van der Waals surface area (Å²) in [5, 5.41) is 1.05. The number of furan rings is 1. The van der Waals surface area contributed by atoms with Crippen LogP contribution in [0.3, 0.4) is 0 Å². The van der Waals surface area contributed by atoms with Crippen molar-refractivity contribution in [2.24, 2.45) is 11.7 Å². The molecule has 0 saturated heterocycles. The van der Waals surface area contributed by atoms with E-state index in [0.29, 0.717) is 6.54 Å². The number of amides is 1. The van der Waals surface area contributed by atoms with Gasteiger partial charge in [-0.15, -0.1) is 0 Å². The molecule has 1 aromatic heterocycles. The zero-order chi connectivity index (χ0) is 14.0. The quantitative estimate of drug-likeness (QED) is 0.919. The third kappa shape index (κ3) is 2.63. The van der Waals surface area contributed by atoms with Crippen molar-refractivity contribution in [2.45, 2.75) is 19.9 Å². The van der Waals surface area contributed by atoms with Gasteiger partial charge in [-0.25, -0.2) is 0 Å². The summed E-state index contributed by atoms with van der Waals surface area (Å²) in [6, 6.07) is 9.71. The summed E-state index contributed by atoms with van der Waals surface area (Å²) in [5.74, 6) is 0.661. The lowest BCUT2D eigenvalue weighted by molar-refractivity contribution is -0.135. The Hall–Kier alpha value is -1.81. The molecule has 4 nitrogen and oxygen atoms in total. The Balaban J connectivity index is 2.23. The minimum absolute atomic E-state index is 0.0375. The first-order chi connectivity index (χ1) is 9.04. The largest absolute Gasteiger partial charge is 0.459 e. The molecule has 0 radical (unpaired) electrons. The van der Waals surface area contributed by atoms with E-state index in [1.165, 1.54) is 0 Å². The molecule has 1 amide bonds. The van der Waals surface area contributed by atoms with Crippen LogP contribution in [0.2, 0.25) is 0 Å². The monoisotopic (exact) mass is 260 g/mol. The Morgan fingerprint density at radius 3 is 2.68 bits per heavy atom. The molecule has 102 valence electrons. The lowest BCUT2D eigenvalue weighted by Gasteiger charge is -2.25. The molecule has 1 heterocycles. The van der Waals surface area contributed by atoms with Crippen LogP contribution in [0.25, 0.3) is 11.0 Å². The van der Waals surface area contributed by atoms with Gasteiger partial charge in [-0.05, 0) is 19.1 Å². The molecule has 1 aromatic carbocycles. The Labute approximate surface area is 113 Å². The fourth-order valence-electron chi connectivity index (χ4n) is 2.04. The van der Waals surface area contributed by atoms with Crippen LogP contribution in [-0.2, 0) is 4.79 Å². The minimum atomic E-state index is -0.170. The van der Waals surface area contributed by atoms with Crippen LogP contribution in [0.5, 0.6) is 0 Å². The smallest absolute Gasteiger partial charge is 0.227 e. The molecule has 2 aromatic rings. The third-order valence-corrected chi connectivity index (χ3v) is 3.56. The second kappa shape index (κ2) is 5.45. The number of carbonyl (C=O) groups excluding carboxylic acids is 1. The molecule has 0 saturated carbocycles. The van der Waals surface area contributed by atoms with Crippen molar-refractivity contribution in [3.05, 3.63) is 36.1 Å². The Morgan fingerprint density at radius 2 is 2.05 bits per heavy atom. The van der Waals surface area contributed by atoms with Crippen molar-refractivity contribution in [1.82, 2.24) is 4.90 Å². The molecule has 4 heteroatoms. The summed E-state index contributed by atoms with van der Waals surface area (Å²) in [7, 11) is 1.78. The van der Waals surface area contributed by atoms with Crippen LogP contribution in [0.1, 0.15) is 25.6 Å². The van der Waals surface area contributed by atoms with Gasteiger partial charge in [0.2, 0.25) is 5.91 Å². The van der Waals surface area contributed by atoms with E-state index >= 15 is 0 Å². The number of carbonyl (C=O) groups is 1. The maximum atomic E-state index is 12.1. The fraction of sp³-hybridized carbons (Fsp3) is 0.400. The Bertz CT molecular complexity index is 543.